The zero-order valence-corrected chi connectivity index (χ0v) is 14.8. The molecule has 0 bridgehead atoms. The molecule has 0 radical (unpaired) electrons. The van der Waals surface area contributed by atoms with Gasteiger partial charge in [-0.15, -0.1) is 0 Å². The standard InChI is InChI=1S/C19H15F5N2O2/c1-8-11(20)4-3-9(15(8)22)10-7-26(2)19(28)14(10)18(27)25-13-6-5-12(21)16(23)17(13)24/h3-6,10,14H,7H2,1-2H3,(H,25,27)/t10-,14+/m1/s1. The maximum Gasteiger partial charge on any atom is 0.237 e. The average molecular weight is 398 g/mol. The van der Waals surface area contributed by atoms with Crippen LogP contribution in [-0.2, 0) is 9.59 Å². The van der Waals surface area contributed by atoms with Crippen molar-refractivity contribution < 1.29 is 31.5 Å². The van der Waals surface area contributed by atoms with E-state index < -0.39 is 58.4 Å². The van der Waals surface area contributed by atoms with Gasteiger partial charge in [-0.1, -0.05) is 6.07 Å². The number of amides is 2. The highest BCUT2D eigenvalue weighted by Crippen LogP contribution is 2.36. The number of hydrogen-bond donors (Lipinski definition) is 1. The number of rotatable bonds is 3. The number of carbonyl (C=O) groups is 2. The van der Waals surface area contributed by atoms with Crippen molar-refractivity contribution in [2.24, 2.45) is 5.92 Å². The van der Waals surface area contributed by atoms with E-state index in [2.05, 4.69) is 5.32 Å². The Balaban J connectivity index is 1.96. The molecule has 1 aliphatic heterocycles. The van der Waals surface area contributed by atoms with Gasteiger partial charge in [0.05, 0.1) is 5.69 Å². The monoisotopic (exact) mass is 398 g/mol. The summed E-state index contributed by atoms with van der Waals surface area (Å²) in [5, 5.41) is 2.05. The zero-order chi connectivity index (χ0) is 20.7. The van der Waals surface area contributed by atoms with Gasteiger partial charge in [0.2, 0.25) is 11.8 Å². The Labute approximate surface area is 156 Å². The van der Waals surface area contributed by atoms with Crippen LogP contribution in [0.25, 0.3) is 0 Å². The molecule has 0 spiro atoms. The minimum atomic E-state index is -1.77. The molecule has 2 aromatic carbocycles. The van der Waals surface area contributed by atoms with E-state index in [4.69, 9.17) is 0 Å². The molecule has 2 amide bonds. The van der Waals surface area contributed by atoms with Gasteiger partial charge in [-0.2, -0.15) is 0 Å². The van der Waals surface area contributed by atoms with Crippen LogP contribution in [0.3, 0.4) is 0 Å². The van der Waals surface area contributed by atoms with Crippen LogP contribution in [0.2, 0.25) is 0 Å². The maximum absolute atomic E-state index is 14.5. The van der Waals surface area contributed by atoms with Gasteiger partial charge in [-0.05, 0) is 30.7 Å². The summed E-state index contributed by atoms with van der Waals surface area (Å²) in [4.78, 5) is 26.2. The van der Waals surface area contributed by atoms with E-state index in [0.717, 1.165) is 18.2 Å². The van der Waals surface area contributed by atoms with Crippen molar-refractivity contribution in [1.82, 2.24) is 4.90 Å². The number of likely N-dealkylation sites (N-methyl/N-ethyl adjacent to an activating group) is 1. The van der Waals surface area contributed by atoms with Crippen LogP contribution in [0.1, 0.15) is 17.0 Å². The highest BCUT2D eigenvalue weighted by Gasteiger charge is 2.45. The van der Waals surface area contributed by atoms with Crippen molar-refractivity contribution in [3.05, 3.63) is 64.5 Å². The Bertz CT molecular complexity index is 979. The molecular weight excluding hydrogens is 383 g/mol. The molecule has 2 atom stereocenters. The minimum Gasteiger partial charge on any atom is -0.344 e. The second-order valence-corrected chi connectivity index (χ2v) is 6.59. The van der Waals surface area contributed by atoms with Crippen LogP contribution in [0.15, 0.2) is 24.3 Å². The Morgan fingerprint density at radius 2 is 1.64 bits per heavy atom. The molecule has 3 rings (SSSR count). The maximum atomic E-state index is 14.5. The van der Waals surface area contributed by atoms with Gasteiger partial charge in [-0.3, -0.25) is 9.59 Å². The van der Waals surface area contributed by atoms with E-state index in [9.17, 15) is 31.5 Å². The molecular formula is C19H15F5N2O2. The summed E-state index contributed by atoms with van der Waals surface area (Å²) in [5.74, 6) is -10.6. The Morgan fingerprint density at radius 1 is 1.00 bits per heavy atom. The normalized spacial score (nSPS) is 19.2. The third kappa shape index (κ3) is 3.21. The summed E-state index contributed by atoms with van der Waals surface area (Å²) in [6.07, 6.45) is 0. The summed E-state index contributed by atoms with van der Waals surface area (Å²) < 4.78 is 68.4. The van der Waals surface area contributed by atoms with Crippen LogP contribution < -0.4 is 5.32 Å². The molecule has 28 heavy (non-hydrogen) atoms. The molecule has 0 aromatic heterocycles. The number of nitrogens with one attached hydrogen (secondary N) is 1. The molecule has 9 heteroatoms. The molecule has 2 aromatic rings. The number of hydrogen-bond acceptors (Lipinski definition) is 2. The van der Waals surface area contributed by atoms with Gasteiger partial charge in [-0.25, -0.2) is 22.0 Å². The molecule has 1 heterocycles. The molecule has 0 saturated carbocycles. The predicted octanol–water partition coefficient (Wildman–Crippen LogP) is 3.50. The van der Waals surface area contributed by atoms with E-state index in [-0.39, 0.29) is 17.7 Å². The largest absolute Gasteiger partial charge is 0.344 e. The fourth-order valence-electron chi connectivity index (χ4n) is 3.27. The highest BCUT2D eigenvalue weighted by atomic mass is 19.2. The van der Waals surface area contributed by atoms with E-state index in [1.165, 1.54) is 18.9 Å². The van der Waals surface area contributed by atoms with Gasteiger partial charge in [0.25, 0.3) is 0 Å². The van der Waals surface area contributed by atoms with Gasteiger partial charge < -0.3 is 10.2 Å². The highest BCUT2D eigenvalue weighted by molar-refractivity contribution is 6.08. The molecule has 1 fully saturated rings. The van der Waals surface area contributed by atoms with E-state index >= 15 is 0 Å². The van der Waals surface area contributed by atoms with Gasteiger partial charge in [0.15, 0.2) is 17.5 Å². The first kappa shape index (κ1) is 19.8. The van der Waals surface area contributed by atoms with E-state index in [1.54, 1.807) is 0 Å². The molecule has 0 unspecified atom stereocenters. The first-order chi connectivity index (χ1) is 13.1. The van der Waals surface area contributed by atoms with Crippen LogP contribution in [0, 0.1) is 41.9 Å². The topological polar surface area (TPSA) is 49.4 Å². The van der Waals surface area contributed by atoms with Crippen LogP contribution >= 0.6 is 0 Å². The van der Waals surface area contributed by atoms with Crippen LogP contribution in [0.4, 0.5) is 27.6 Å². The van der Waals surface area contributed by atoms with Crippen molar-refractivity contribution in [3.63, 3.8) is 0 Å². The lowest BCUT2D eigenvalue weighted by Crippen LogP contribution is -2.33. The minimum absolute atomic E-state index is 0.0286. The summed E-state index contributed by atoms with van der Waals surface area (Å²) in [6.45, 7) is 1.19. The van der Waals surface area contributed by atoms with Gasteiger partial charge in [0, 0.05) is 25.1 Å². The molecule has 1 saturated heterocycles. The third-order valence-corrected chi connectivity index (χ3v) is 4.84. The number of halogens is 5. The van der Waals surface area contributed by atoms with Gasteiger partial charge >= 0.3 is 0 Å². The second kappa shape index (κ2) is 7.21. The van der Waals surface area contributed by atoms with Crippen LogP contribution in [-0.4, -0.2) is 30.3 Å². The molecule has 1 aliphatic rings. The average Bonchev–Trinajstić information content (AvgIpc) is 2.95. The summed E-state index contributed by atoms with van der Waals surface area (Å²) in [7, 11) is 1.40. The smallest absolute Gasteiger partial charge is 0.237 e. The number of benzene rings is 2. The lowest BCUT2D eigenvalue weighted by atomic mass is 9.86. The second-order valence-electron chi connectivity index (χ2n) is 6.59. The number of carbonyl (C=O) groups excluding carboxylic acids is 2. The fourth-order valence-corrected chi connectivity index (χ4v) is 3.27. The molecule has 1 N–H and O–H groups in total. The lowest BCUT2D eigenvalue weighted by molar-refractivity contribution is -0.135. The third-order valence-electron chi connectivity index (χ3n) is 4.84. The summed E-state index contributed by atoms with van der Waals surface area (Å²) in [6, 6.07) is 3.61. The zero-order valence-electron chi connectivity index (χ0n) is 14.8. The van der Waals surface area contributed by atoms with E-state index in [0.29, 0.717) is 6.07 Å². The van der Waals surface area contributed by atoms with Crippen molar-refractivity contribution in [2.45, 2.75) is 12.8 Å². The van der Waals surface area contributed by atoms with Crippen molar-refractivity contribution >= 4 is 17.5 Å². The molecule has 0 aliphatic carbocycles. The number of likely N-dealkylation sites (tertiary alicyclic amines) is 1. The Kier molecular flexibility index (Phi) is 5.10. The quantitative estimate of drug-likeness (QED) is 0.489. The van der Waals surface area contributed by atoms with Crippen LogP contribution in [0.5, 0.6) is 0 Å². The summed E-state index contributed by atoms with van der Waals surface area (Å²) in [5.41, 5.74) is -0.950. The van der Waals surface area contributed by atoms with Gasteiger partial charge in [0.1, 0.15) is 17.6 Å². The number of nitrogens with zero attached hydrogens (tertiary/aromatic N) is 1. The van der Waals surface area contributed by atoms with Crippen molar-refractivity contribution in [3.8, 4) is 0 Å². The summed E-state index contributed by atoms with van der Waals surface area (Å²) >= 11 is 0. The predicted molar refractivity (Wildman–Crippen MR) is 89.9 cm³/mol. The lowest BCUT2D eigenvalue weighted by Gasteiger charge is -2.19. The van der Waals surface area contributed by atoms with Crippen molar-refractivity contribution in [2.75, 3.05) is 18.9 Å². The first-order valence-electron chi connectivity index (χ1n) is 8.27. The molecule has 148 valence electrons. The first-order valence-corrected chi connectivity index (χ1v) is 8.27. The Morgan fingerprint density at radius 3 is 2.32 bits per heavy atom. The number of anilines is 1. The molecule has 4 nitrogen and oxygen atoms in total. The van der Waals surface area contributed by atoms with Crippen molar-refractivity contribution in [1.29, 1.82) is 0 Å². The van der Waals surface area contributed by atoms with E-state index in [1.807, 2.05) is 0 Å². The fraction of sp³-hybridized carbons (Fsp3) is 0.263. The SMILES string of the molecule is Cc1c(F)ccc([C@H]2CN(C)C(=O)[C@@H]2C(=O)Nc2ccc(F)c(F)c2F)c1F. The Hall–Kier alpha value is -2.97.